The van der Waals surface area contributed by atoms with Gasteiger partial charge in [0.05, 0.1) is 0 Å². The Bertz CT molecular complexity index is 132. The molecular formula is C4H5ClO2S-2. The van der Waals surface area contributed by atoms with Crippen molar-refractivity contribution in [2.75, 3.05) is 11.5 Å². The number of hydrogen-bond donors (Lipinski definition) is 0. The van der Waals surface area contributed by atoms with Crippen LogP contribution in [0.3, 0.4) is 0 Å². The maximum atomic E-state index is 10.5. The third-order valence-electron chi connectivity index (χ3n) is 0.917. The molecule has 4 heteroatoms. The van der Waals surface area contributed by atoms with Gasteiger partial charge < -0.3 is 19.7 Å². The first-order valence-electron chi connectivity index (χ1n) is 2.15. The molecule has 0 N–H and O–H groups in total. The molecule has 1 heterocycles. The highest BCUT2D eigenvalue weighted by atomic mass is 35.5. The number of hydrogen-bond acceptors (Lipinski definition) is 2. The second-order valence-electron chi connectivity index (χ2n) is 1.71. The monoisotopic (exact) mass is 152 g/mol. The molecule has 0 aromatic carbocycles. The van der Waals surface area contributed by atoms with E-state index >= 15 is 0 Å². The highest BCUT2D eigenvalue weighted by molar-refractivity contribution is 8.24. The number of sulfone groups is 1. The Morgan fingerprint density at radius 2 is 2.25 bits per heavy atom. The van der Waals surface area contributed by atoms with Crippen LogP contribution in [0.4, 0.5) is 0 Å². The Hall–Kier alpha value is 0.300. The van der Waals surface area contributed by atoms with Crippen LogP contribution in [-0.2, 0) is 0 Å². The average Bonchev–Trinajstić information content (AvgIpc) is 1.82. The van der Waals surface area contributed by atoms with E-state index in [0.29, 0.717) is 5.03 Å². The topological polar surface area (TPSA) is 46.1 Å². The van der Waals surface area contributed by atoms with Gasteiger partial charge in [-0.15, -0.1) is 0 Å². The molecule has 0 atom stereocenters. The SMILES string of the molecule is [O-]S1([O-])CC=C(Cl)C1. The fourth-order valence-corrected chi connectivity index (χ4v) is 2.32. The molecule has 0 amide bonds. The van der Waals surface area contributed by atoms with Crippen LogP contribution in [0.25, 0.3) is 0 Å². The fraction of sp³-hybridized carbons (Fsp3) is 0.500. The Morgan fingerprint density at radius 3 is 2.38 bits per heavy atom. The standard InChI is InChI=1S/C4H7ClO2S/c5-4-1-2-8(6,7)3-4/h1,6-7H,2-3H2/p-2. The van der Waals surface area contributed by atoms with Gasteiger partial charge in [0, 0.05) is 10.8 Å². The van der Waals surface area contributed by atoms with Crippen molar-refractivity contribution in [1.82, 2.24) is 0 Å². The van der Waals surface area contributed by atoms with Crippen LogP contribution in [0, 0.1) is 0 Å². The minimum Gasteiger partial charge on any atom is -0.800 e. The molecule has 0 bridgehead atoms. The van der Waals surface area contributed by atoms with Crippen LogP contribution in [-0.4, -0.2) is 20.6 Å². The molecule has 0 aliphatic carbocycles. The summed E-state index contributed by atoms with van der Waals surface area (Å²) < 4.78 is 21.0. The van der Waals surface area contributed by atoms with E-state index in [-0.39, 0.29) is 11.5 Å². The van der Waals surface area contributed by atoms with Gasteiger partial charge in [0.1, 0.15) is 0 Å². The van der Waals surface area contributed by atoms with E-state index in [4.69, 9.17) is 11.6 Å². The lowest BCUT2D eigenvalue weighted by atomic mass is 10.6. The molecule has 0 radical (unpaired) electrons. The quantitative estimate of drug-likeness (QED) is 0.524. The van der Waals surface area contributed by atoms with E-state index in [1.54, 1.807) is 0 Å². The second-order valence-corrected chi connectivity index (χ2v) is 4.30. The van der Waals surface area contributed by atoms with Gasteiger partial charge in [0.25, 0.3) is 0 Å². The summed E-state index contributed by atoms with van der Waals surface area (Å²) in [6.45, 7) is 0. The van der Waals surface area contributed by atoms with Crippen molar-refractivity contribution in [1.29, 1.82) is 0 Å². The molecular weight excluding hydrogens is 148 g/mol. The van der Waals surface area contributed by atoms with Gasteiger partial charge in [0.2, 0.25) is 0 Å². The molecule has 0 saturated carbocycles. The van der Waals surface area contributed by atoms with Gasteiger partial charge in [-0.3, -0.25) is 0 Å². The lowest BCUT2D eigenvalue weighted by molar-refractivity contribution is 0.454. The van der Waals surface area contributed by atoms with E-state index in [1.807, 2.05) is 0 Å². The summed E-state index contributed by atoms with van der Waals surface area (Å²) in [5.41, 5.74) is 0. The zero-order chi connectivity index (χ0) is 6.20. The van der Waals surface area contributed by atoms with Gasteiger partial charge in [-0.05, 0) is 5.75 Å². The van der Waals surface area contributed by atoms with E-state index in [0.717, 1.165) is 0 Å². The predicted molar refractivity (Wildman–Crippen MR) is 32.8 cm³/mol. The summed E-state index contributed by atoms with van der Waals surface area (Å²) in [5, 5.41) is 0.449. The third kappa shape index (κ3) is 1.39. The molecule has 0 fully saturated rings. The molecule has 0 spiro atoms. The van der Waals surface area contributed by atoms with Crippen molar-refractivity contribution < 1.29 is 9.11 Å². The Labute approximate surface area is 54.5 Å². The van der Waals surface area contributed by atoms with Crippen molar-refractivity contribution in [3.05, 3.63) is 11.1 Å². The summed E-state index contributed by atoms with van der Waals surface area (Å²) >= 11 is 5.38. The highest BCUT2D eigenvalue weighted by Crippen LogP contribution is 2.45. The molecule has 1 rings (SSSR count). The minimum absolute atomic E-state index is 0.0363. The lowest BCUT2D eigenvalue weighted by Gasteiger charge is -2.56. The zero-order valence-electron chi connectivity index (χ0n) is 4.09. The maximum Gasteiger partial charge on any atom is 0.0283 e. The van der Waals surface area contributed by atoms with Crippen LogP contribution in [0.15, 0.2) is 11.1 Å². The first-order valence-corrected chi connectivity index (χ1v) is 4.35. The van der Waals surface area contributed by atoms with E-state index in [2.05, 4.69) is 0 Å². The van der Waals surface area contributed by atoms with Crippen molar-refractivity contribution in [2.24, 2.45) is 0 Å². The largest absolute Gasteiger partial charge is 0.800 e. The van der Waals surface area contributed by atoms with Crippen LogP contribution >= 0.6 is 22.2 Å². The molecule has 48 valence electrons. The third-order valence-corrected chi connectivity index (χ3v) is 2.79. The van der Waals surface area contributed by atoms with E-state index in [1.165, 1.54) is 6.08 Å². The number of rotatable bonds is 0. The average molecular weight is 153 g/mol. The molecule has 0 aromatic rings. The Balaban J connectivity index is 2.55. The summed E-state index contributed by atoms with van der Waals surface area (Å²) in [5.74, 6) is 0.153. The summed E-state index contributed by atoms with van der Waals surface area (Å²) in [6.07, 6.45) is 1.52. The highest BCUT2D eigenvalue weighted by Gasteiger charge is 2.03. The molecule has 0 unspecified atom stereocenters. The lowest BCUT2D eigenvalue weighted by Crippen LogP contribution is -1.99. The first-order chi connectivity index (χ1) is 3.60. The van der Waals surface area contributed by atoms with Crippen LogP contribution in [0.5, 0.6) is 0 Å². The van der Waals surface area contributed by atoms with Crippen molar-refractivity contribution in [3.63, 3.8) is 0 Å². The molecule has 2 nitrogen and oxygen atoms in total. The maximum absolute atomic E-state index is 10.5. The molecule has 1 aliphatic rings. The predicted octanol–water partition coefficient (Wildman–Crippen LogP) is 1.19. The second kappa shape index (κ2) is 1.92. The summed E-state index contributed by atoms with van der Waals surface area (Å²) in [7, 11) is -2.82. The van der Waals surface area contributed by atoms with Gasteiger partial charge in [-0.1, -0.05) is 17.7 Å². The molecule has 0 saturated heterocycles. The Morgan fingerprint density at radius 1 is 1.62 bits per heavy atom. The van der Waals surface area contributed by atoms with Crippen molar-refractivity contribution in [3.8, 4) is 0 Å². The zero-order valence-corrected chi connectivity index (χ0v) is 5.67. The van der Waals surface area contributed by atoms with E-state index in [9.17, 15) is 9.11 Å². The van der Waals surface area contributed by atoms with Crippen LogP contribution in [0.2, 0.25) is 0 Å². The van der Waals surface area contributed by atoms with Gasteiger partial charge >= 0.3 is 0 Å². The van der Waals surface area contributed by atoms with Gasteiger partial charge in [-0.2, -0.15) is 0 Å². The molecule has 8 heavy (non-hydrogen) atoms. The van der Waals surface area contributed by atoms with Crippen molar-refractivity contribution in [2.45, 2.75) is 0 Å². The van der Waals surface area contributed by atoms with Crippen LogP contribution < -0.4 is 0 Å². The normalized spacial score (nSPS) is 29.6. The van der Waals surface area contributed by atoms with Crippen LogP contribution in [0.1, 0.15) is 0 Å². The number of halogens is 1. The smallest absolute Gasteiger partial charge is 0.0283 e. The molecule has 0 aromatic heterocycles. The van der Waals surface area contributed by atoms with Crippen molar-refractivity contribution >= 4 is 22.2 Å². The van der Waals surface area contributed by atoms with Gasteiger partial charge in [-0.25, -0.2) is 0 Å². The van der Waals surface area contributed by atoms with E-state index < -0.39 is 10.6 Å². The summed E-state index contributed by atoms with van der Waals surface area (Å²) in [4.78, 5) is 0. The Kier molecular flexibility index (Phi) is 1.54. The summed E-state index contributed by atoms with van der Waals surface area (Å²) in [6, 6.07) is 0. The van der Waals surface area contributed by atoms with Gasteiger partial charge in [0.15, 0.2) is 0 Å². The molecule has 1 aliphatic heterocycles. The fourth-order valence-electron chi connectivity index (χ4n) is 0.545. The first kappa shape index (κ1) is 6.42. The minimum atomic E-state index is -2.82.